The minimum Gasteiger partial charge on any atom is -0.242 e. The summed E-state index contributed by atoms with van der Waals surface area (Å²) < 4.78 is 1.66. The van der Waals surface area contributed by atoms with Crippen LogP contribution in [-0.4, -0.2) is 29.7 Å². The van der Waals surface area contributed by atoms with Gasteiger partial charge in [-0.15, -0.1) is 0 Å². The average molecular weight is 347 g/mol. The Balaban J connectivity index is 2.15. The molecular weight excluding hydrogens is 326 g/mol. The Bertz CT molecular complexity index is 968. The molecule has 1 unspecified atom stereocenters. The molecule has 0 aliphatic rings. The van der Waals surface area contributed by atoms with E-state index in [-0.39, 0.29) is 5.69 Å². The minimum absolute atomic E-state index is 0.288. The van der Waals surface area contributed by atoms with Crippen molar-refractivity contribution >= 4 is 0 Å². The lowest BCUT2D eigenvalue weighted by Gasteiger charge is -2.10. The molecule has 0 radical (unpaired) electrons. The SMILES string of the molecule is CCc1nn(-c2cncnc2C#N)cc1-c1nc(C(C)CC)ncc1C. The van der Waals surface area contributed by atoms with E-state index in [0.717, 1.165) is 41.2 Å². The van der Waals surface area contributed by atoms with Gasteiger partial charge in [0.05, 0.1) is 17.6 Å². The maximum Gasteiger partial charge on any atom is 0.169 e. The number of hydrogen-bond donors (Lipinski definition) is 0. The highest BCUT2D eigenvalue weighted by atomic mass is 15.3. The molecule has 0 aliphatic carbocycles. The van der Waals surface area contributed by atoms with Crippen molar-refractivity contribution in [3.05, 3.63) is 47.7 Å². The second kappa shape index (κ2) is 7.40. The lowest BCUT2D eigenvalue weighted by molar-refractivity contribution is 0.678. The van der Waals surface area contributed by atoms with Crippen molar-refractivity contribution in [2.45, 2.75) is 46.5 Å². The second-order valence-corrected chi connectivity index (χ2v) is 6.23. The first-order valence-corrected chi connectivity index (χ1v) is 8.71. The van der Waals surface area contributed by atoms with E-state index in [0.29, 0.717) is 11.6 Å². The molecule has 0 aliphatic heterocycles. The fourth-order valence-electron chi connectivity index (χ4n) is 2.72. The molecule has 0 saturated carbocycles. The van der Waals surface area contributed by atoms with Crippen molar-refractivity contribution in [3.8, 4) is 23.0 Å². The van der Waals surface area contributed by atoms with E-state index in [1.807, 2.05) is 19.3 Å². The number of nitriles is 1. The van der Waals surface area contributed by atoms with E-state index < -0.39 is 0 Å². The molecule has 0 N–H and O–H groups in total. The van der Waals surface area contributed by atoms with Gasteiger partial charge in [-0.05, 0) is 25.3 Å². The van der Waals surface area contributed by atoms with Crippen molar-refractivity contribution in [1.29, 1.82) is 5.26 Å². The normalized spacial score (nSPS) is 12.0. The minimum atomic E-state index is 0.288. The second-order valence-electron chi connectivity index (χ2n) is 6.23. The fourth-order valence-corrected chi connectivity index (χ4v) is 2.72. The van der Waals surface area contributed by atoms with Crippen LogP contribution in [0.4, 0.5) is 0 Å². The van der Waals surface area contributed by atoms with Gasteiger partial charge in [0.2, 0.25) is 0 Å². The lowest BCUT2D eigenvalue weighted by atomic mass is 10.1. The summed E-state index contributed by atoms with van der Waals surface area (Å²) >= 11 is 0. The van der Waals surface area contributed by atoms with Crippen LogP contribution < -0.4 is 0 Å². The topological polar surface area (TPSA) is 93.2 Å². The van der Waals surface area contributed by atoms with Crippen molar-refractivity contribution in [3.63, 3.8) is 0 Å². The average Bonchev–Trinajstić information content (AvgIpc) is 3.11. The molecule has 3 heterocycles. The van der Waals surface area contributed by atoms with E-state index in [1.54, 1.807) is 10.9 Å². The Labute approximate surface area is 152 Å². The fraction of sp³-hybridized carbons (Fsp3) is 0.368. The highest BCUT2D eigenvalue weighted by Crippen LogP contribution is 2.28. The van der Waals surface area contributed by atoms with E-state index in [2.05, 4.69) is 46.9 Å². The molecule has 3 rings (SSSR count). The molecule has 0 amide bonds. The third-order valence-corrected chi connectivity index (χ3v) is 4.47. The van der Waals surface area contributed by atoms with Gasteiger partial charge < -0.3 is 0 Å². The molecule has 0 saturated heterocycles. The van der Waals surface area contributed by atoms with Crippen LogP contribution in [0.25, 0.3) is 16.9 Å². The predicted octanol–water partition coefficient (Wildman–Crippen LogP) is 3.38. The number of hydrogen-bond acceptors (Lipinski definition) is 6. The molecule has 7 heteroatoms. The van der Waals surface area contributed by atoms with Crippen LogP contribution in [0.5, 0.6) is 0 Å². The van der Waals surface area contributed by atoms with Gasteiger partial charge in [-0.2, -0.15) is 10.4 Å². The van der Waals surface area contributed by atoms with Gasteiger partial charge in [-0.3, -0.25) is 0 Å². The van der Waals surface area contributed by atoms with Gasteiger partial charge in [-0.25, -0.2) is 24.6 Å². The van der Waals surface area contributed by atoms with Crippen LogP contribution in [0.1, 0.15) is 55.9 Å². The maximum absolute atomic E-state index is 9.30. The molecule has 0 fully saturated rings. The van der Waals surface area contributed by atoms with Crippen LogP contribution >= 0.6 is 0 Å². The Morgan fingerprint density at radius 2 is 2.04 bits per heavy atom. The van der Waals surface area contributed by atoms with Crippen molar-refractivity contribution in [2.24, 2.45) is 0 Å². The number of rotatable bonds is 5. The number of aromatic nitrogens is 6. The first-order chi connectivity index (χ1) is 12.6. The summed E-state index contributed by atoms with van der Waals surface area (Å²) in [4.78, 5) is 17.3. The highest BCUT2D eigenvalue weighted by Gasteiger charge is 2.18. The Morgan fingerprint density at radius 1 is 1.23 bits per heavy atom. The smallest absolute Gasteiger partial charge is 0.169 e. The number of nitrogens with zero attached hydrogens (tertiary/aromatic N) is 7. The summed E-state index contributed by atoms with van der Waals surface area (Å²) in [7, 11) is 0. The third kappa shape index (κ3) is 3.18. The first kappa shape index (κ1) is 17.7. The molecule has 0 bridgehead atoms. The van der Waals surface area contributed by atoms with Crippen molar-refractivity contribution in [2.75, 3.05) is 0 Å². The zero-order valence-electron chi connectivity index (χ0n) is 15.4. The summed E-state index contributed by atoms with van der Waals surface area (Å²) in [6.07, 6.45) is 8.45. The quantitative estimate of drug-likeness (QED) is 0.702. The molecule has 0 aromatic carbocycles. The molecular formula is C19H21N7. The van der Waals surface area contributed by atoms with Crippen molar-refractivity contribution < 1.29 is 0 Å². The van der Waals surface area contributed by atoms with Crippen LogP contribution in [0, 0.1) is 18.3 Å². The van der Waals surface area contributed by atoms with Crippen LogP contribution in [0.3, 0.4) is 0 Å². The zero-order valence-corrected chi connectivity index (χ0v) is 15.4. The van der Waals surface area contributed by atoms with Gasteiger partial charge in [0.15, 0.2) is 5.69 Å². The molecule has 0 spiro atoms. The summed E-state index contributed by atoms with van der Waals surface area (Å²) in [5, 5.41) is 13.9. The van der Waals surface area contributed by atoms with Gasteiger partial charge in [0.25, 0.3) is 0 Å². The summed E-state index contributed by atoms with van der Waals surface area (Å²) in [5.41, 5.74) is 4.59. The van der Waals surface area contributed by atoms with E-state index >= 15 is 0 Å². The van der Waals surface area contributed by atoms with Gasteiger partial charge in [0.1, 0.15) is 23.9 Å². The van der Waals surface area contributed by atoms with Gasteiger partial charge >= 0.3 is 0 Å². The van der Waals surface area contributed by atoms with Crippen LogP contribution in [0.2, 0.25) is 0 Å². The van der Waals surface area contributed by atoms with Gasteiger partial charge in [-0.1, -0.05) is 20.8 Å². The van der Waals surface area contributed by atoms with Gasteiger partial charge in [0, 0.05) is 23.9 Å². The summed E-state index contributed by atoms with van der Waals surface area (Å²) in [6.45, 7) is 8.30. The summed E-state index contributed by atoms with van der Waals surface area (Å²) in [5.74, 6) is 1.13. The maximum atomic E-state index is 9.30. The Morgan fingerprint density at radius 3 is 2.73 bits per heavy atom. The lowest BCUT2D eigenvalue weighted by Crippen LogP contribution is -2.03. The Kier molecular flexibility index (Phi) is 5.03. The Hall–Kier alpha value is -3.14. The largest absolute Gasteiger partial charge is 0.242 e. The standard InChI is InChI=1S/C19H21N7/c1-5-12(3)19-22-8-13(4)18(24-19)14-10-26(25-15(14)6-2)17-9-21-11-23-16(17)7-20/h8-12H,5-6H2,1-4H3. The molecule has 132 valence electrons. The highest BCUT2D eigenvalue weighted by molar-refractivity contribution is 5.65. The monoisotopic (exact) mass is 347 g/mol. The molecule has 1 atom stereocenters. The van der Waals surface area contributed by atoms with E-state index in [4.69, 9.17) is 4.98 Å². The molecule has 26 heavy (non-hydrogen) atoms. The molecule has 3 aromatic heterocycles. The van der Waals surface area contributed by atoms with E-state index in [1.165, 1.54) is 6.33 Å². The third-order valence-electron chi connectivity index (χ3n) is 4.47. The van der Waals surface area contributed by atoms with Crippen LogP contribution in [0.15, 0.2) is 24.9 Å². The zero-order chi connectivity index (χ0) is 18.7. The number of aryl methyl sites for hydroxylation is 2. The van der Waals surface area contributed by atoms with Crippen molar-refractivity contribution in [1.82, 2.24) is 29.7 Å². The molecule has 7 nitrogen and oxygen atoms in total. The predicted molar refractivity (Wildman–Crippen MR) is 97.7 cm³/mol. The van der Waals surface area contributed by atoms with Crippen LogP contribution in [-0.2, 0) is 6.42 Å². The van der Waals surface area contributed by atoms with E-state index in [9.17, 15) is 5.26 Å². The first-order valence-electron chi connectivity index (χ1n) is 8.71. The molecule has 3 aromatic rings. The summed E-state index contributed by atoms with van der Waals surface area (Å²) in [6, 6.07) is 2.09.